The summed E-state index contributed by atoms with van der Waals surface area (Å²) in [5, 5.41) is 3.36. The number of aryl methyl sites for hydroxylation is 1. The van der Waals surface area contributed by atoms with Gasteiger partial charge in [0.2, 0.25) is 0 Å². The Kier molecular flexibility index (Phi) is 3.10. The number of hydrogen-bond donors (Lipinski definition) is 1. The fourth-order valence-corrected chi connectivity index (χ4v) is 2.12. The van der Waals surface area contributed by atoms with Crippen molar-refractivity contribution in [2.45, 2.75) is 26.2 Å². The molecule has 0 bridgehead atoms. The first-order valence-corrected chi connectivity index (χ1v) is 5.86. The van der Waals surface area contributed by atoms with Crippen molar-refractivity contribution in [2.24, 2.45) is 5.41 Å². The Morgan fingerprint density at radius 2 is 2.27 bits per heavy atom. The average Bonchev–Trinajstić information content (AvgIpc) is 2.97. The Labute approximate surface area is 95.3 Å². The third-order valence-electron chi connectivity index (χ3n) is 3.03. The molecule has 1 saturated carbocycles. The molecule has 0 saturated heterocycles. The van der Waals surface area contributed by atoms with E-state index in [1.54, 1.807) is 6.33 Å². The van der Waals surface area contributed by atoms with E-state index in [-0.39, 0.29) is 0 Å². The molecular weight excluding hydrogens is 210 g/mol. The molecule has 1 aromatic heterocycles. The summed E-state index contributed by atoms with van der Waals surface area (Å²) in [5.74, 6) is 1.67. The first-order valence-electron chi connectivity index (χ1n) is 5.33. The van der Waals surface area contributed by atoms with Gasteiger partial charge in [0.05, 0.1) is 0 Å². The van der Waals surface area contributed by atoms with Crippen molar-refractivity contribution >= 4 is 17.4 Å². The van der Waals surface area contributed by atoms with Crippen LogP contribution in [0.3, 0.4) is 0 Å². The Balaban J connectivity index is 1.88. The zero-order valence-corrected chi connectivity index (χ0v) is 9.72. The Hall–Kier alpha value is -0.830. The molecule has 1 aliphatic carbocycles. The van der Waals surface area contributed by atoms with Gasteiger partial charge in [-0.1, -0.05) is 0 Å². The molecule has 0 amide bonds. The van der Waals surface area contributed by atoms with Crippen LogP contribution in [-0.4, -0.2) is 22.4 Å². The van der Waals surface area contributed by atoms with Crippen molar-refractivity contribution in [2.75, 3.05) is 17.7 Å². The number of rotatable bonds is 5. The summed E-state index contributed by atoms with van der Waals surface area (Å²) >= 11 is 5.78. The van der Waals surface area contributed by atoms with Crippen LogP contribution in [0.2, 0.25) is 0 Å². The van der Waals surface area contributed by atoms with Crippen LogP contribution in [0, 0.1) is 12.3 Å². The molecule has 2 rings (SSSR count). The lowest BCUT2D eigenvalue weighted by Crippen LogP contribution is -2.16. The summed E-state index contributed by atoms with van der Waals surface area (Å²) in [4.78, 5) is 8.24. The fraction of sp³-hybridized carbons (Fsp3) is 0.636. The maximum absolute atomic E-state index is 5.78. The quantitative estimate of drug-likeness (QED) is 0.783. The molecule has 1 heterocycles. The van der Waals surface area contributed by atoms with E-state index < -0.39 is 0 Å². The van der Waals surface area contributed by atoms with Gasteiger partial charge in [-0.25, -0.2) is 9.97 Å². The van der Waals surface area contributed by atoms with Crippen LogP contribution < -0.4 is 5.32 Å². The second-order valence-electron chi connectivity index (χ2n) is 4.34. The van der Waals surface area contributed by atoms with Gasteiger partial charge >= 0.3 is 0 Å². The van der Waals surface area contributed by atoms with E-state index in [1.165, 1.54) is 12.8 Å². The Bertz CT molecular complexity index is 336. The summed E-state index contributed by atoms with van der Waals surface area (Å²) < 4.78 is 0. The van der Waals surface area contributed by atoms with E-state index in [0.29, 0.717) is 5.41 Å². The molecule has 1 N–H and O–H groups in total. The van der Waals surface area contributed by atoms with Crippen LogP contribution in [0.4, 0.5) is 5.82 Å². The van der Waals surface area contributed by atoms with Gasteiger partial charge in [-0.15, -0.1) is 11.6 Å². The second kappa shape index (κ2) is 4.35. The minimum absolute atomic E-state index is 0.445. The topological polar surface area (TPSA) is 37.8 Å². The van der Waals surface area contributed by atoms with E-state index in [2.05, 4.69) is 15.3 Å². The van der Waals surface area contributed by atoms with Crippen molar-refractivity contribution in [1.29, 1.82) is 0 Å². The van der Waals surface area contributed by atoms with E-state index in [1.807, 2.05) is 13.0 Å². The molecule has 1 fully saturated rings. The van der Waals surface area contributed by atoms with Crippen molar-refractivity contribution in [1.82, 2.24) is 9.97 Å². The smallest absolute Gasteiger partial charge is 0.129 e. The highest BCUT2D eigenvalue weighted by Gasteiger charge is 2.41. The highest BCUT2D eigenvalue weighted by molar-refractivity contribution is 6.17. The second-order valence-corrected chi connectivity index (χ2v) is 4.72. The molecule has 0 atom stereocenters. The number of halogens is 1. The summed E-state index contributed by atoms with van der Waals surface area (Å²) in [5.41, 5.74) is 1.44. The van der Waals surface area contributed by atoms with Gasteiger partial charge in [0.1, 0.15) is 12.1 Å². The molecule has 3 nitrogen and oxygen atoms in total. The van der Waals surface area contributed by atoms with E-state index in [4.69, 9.17) is 11.6 Å². The molecule has 0 aliphatic heterocycles. The Morgan fingerprint density at radius 3 is 2.87 bits per heavy atom. The predicted octanol–water partition coefficient (Wildman–Crippen LogP) is 2.61. The van der Waals surface area contributed by atoms with Gasteiger partial charge in [0, 0.05) is 24.2 Å². The van der Waals surface area contributed by atoms with Crippen LogP contribution in [0.25, 0.3) is 0 Å². The number of hydrogen-bond acceptors (Lipinski definition) is 3. The normalized spacial score (nSPS) is 17.5. The molecule has 82 valence electrons. The number of nitrogens with one attached hydrogen (secondary N) is 1. The van der Waals surface area contributed by atoms with E-state index in [0.717, 1.165) is 30.4 Å². The molecule has 1 aliphatic rings. The van der Waals surface area contributed by atoms with Crippen LogP contribution in [-0.2, 0) is 0 Å². The molecule has 0 aromatic carbocycles. The van der Waals surface area contributed by atoms with Crippen molar-refractivity contribution < 1.29 is 0 Å². The van der Waals surface area contributed by atoms with Crippen molar-refractivity contribution in [3.63, 3.8) is 0 Å². The number of aromatic nitrogens is 2. The Morgan fingerprint density at radius 1 is 1.47 bits per heavy atom. The van der Waals surface area contributed by atoms with Crippen molar-refractivity contribution in [3.05, 3.63) is 18.1 Å². The van der Waals surface area contributed by atoms with Gasteiger partial charge in [-0.3, -0.25) is 0 Å². The lowest BCUT2D eigenvalue weighted by molar-refractivity contribution is 0.524. The van der Waals surface area contributed by atoms with Crippen LogP contribution in [0.15, 0.2) is 12.4 Å². The minimum atomic E-state index is 0.445. The van der Waals surface area contributed by atoms with Crippen LogP contribution >= 0.6 is 11.6 Å². The number of nitrogens with zero attached hydrogens (tertiary/aromatic N) is 2. The van der Waals surface area contributed by atoms with Gasteiger partial charge in [0.15, 0.2) is 0 Å². The highest BCUT2D eigenvalue weighted by atomic mass is 35.5. The molecule has 4 heteroatoms. The molecule has 15 heavy (non-hydrogen) atoms. The summed E-state index contributed by atoms with van der Waals surface area (Å²) in [6.45, 7) is 2.95. The lowest BCUT2D eigenvalue weighted by atomic mass is 10.0. The summed E-state index contributed by atoms with van der Waals surface area (Å²) in [7, 11) is 0. The standard InChI is InChI=1S/C11H16ClN3/c1-9-6-10(15-8-14-9)13-7-11(2-3-11)4-5-12/h6,8H,2-5,7H2,1H3,(H,13,14,15). The van der Waals surface area contributed by atoms with Crippen LogP contribution in [0.1, 0.15) is 25.0 Å². The zero-order valence-electron chi connectivity index (χ0n) is 8.96. The summed E-state index contributed by atoms with van der Waals surface area (Å²) in [6.07, 6.45) is 5.28. The molecule has 0 unspecified atom stereocenters. The van der Waals surface area contributed by atoms with E-state index in [9.17, 15) is 0 Å². The first kappa shape index (κ1) is 10.7. The van der Waals surface area contributed by atoms with Gasteiger partial charge in [0.25, 0.3) is 0 Å². The van der Waals surface area contributed by atoms with Gasteiger partial charge in [-0.2, -0.15) is 0 Å². The number of alkyl halides is 1. The molecule has 1 aromatic rings. The SMILES string of the molecule is Cc1cc(NCC2(CCCl)CC2)ncn1. The minimum Gasteiger partial charge on any atom is -0.369 e. The zero-order chi connectivity index (χ0) is 10.7. The predicted molar refractivity (Wildman–Crippen MR) is 62.3 cm³/mol. The van der Waals surface area contributed by atoms with Gasteiger partial charge < -0.3 is 5.32 Å². The highest BCUT2D eigenvalue weighted by Crippen LogP contribution is 2.48. The van der Waals surface area contributed by atoms with Crippen molar-refractivity contribution in [3.8, 4) is 0 Å². The first-order chi connectivity index (χ1) is 7.24. The largest absolute Gasteiger partial charge is 0.369 e. The summed E-state index contributed by atoms with van der Waals surface area (Å²) in [6, 6.07) is 1.97. The number of anilines is 1. The third kappa shape index (κ3) is 2.81. The lowest BCUT2D eigenvalue weighted by Gasteiger charge is -2.14. The average molecular weight is 226 g/mol. The fourth-order valence-electron chi connectivity index (χ4n) is 1.72. The maximum Gasteiger partial charge on any atom is 0.129 e. The van der Waals surface area contributed by atoms with Crippen LogP contribution in [0.5, 0.6) is 0 Å². The van der Waals surface area contributed by atoms with Gasteiger partial charge in [-0.05, 0) is 31.6 Å². The molecule has 0 radical (unpaired) electrons. The molecular formula is C11H16ClN3. The third-order valence-corrected chi connectivity index (χ3v) is 3.22. The van der Waals surface area contributed by atoms with E-state index >= 15 is 0 Å². The maximum atomic E-state index is 5.78. The molecule has 0 spiro atoms. The monoisotopic (exact) mass is 225 g/mol.